The molecule has 0 fully saturated rings. The van der Waals surface area contributed by atoms with E-state index in [9.17, 15) is 9.59 Å². The predicted molar refractivity (Wildman–Crippen MR) is 149 cm³/mol. The Morgan fingerprint density at radius 3 is 2.61 bits per heavy atom. The minimum atomic E-state index is -0.748. The van der Waals surface area contributed by atoms with Crippen molar-refractivity contribution in [3.63, 3.8) is 0 Å². The Morgan fingerprint density at radius 1 is 1.08 bits per heavy atom. The van der Waals surface area contributed by atoms with Crippen molar-refractivity contribution in [2.24, 2.45) is 4.99 Å². The van der Waals surface area contributed by atoms with Gasteiger partial charge < -0.3 is 9.47 Å². The molecule has 0 saturated heterocycles. The number of thiazole rings is 1. The summed E-state index contributed by atoms with van der Waals surface area (Å²) >= 11 is 7.83. The molecule has 38 heavy (non-hydrogen) atoms. The molecule has 1 unspecified atom stereocenters. The Morgan fingerprint density at radius 2 is 1.84 bits per heavy atom. The third-order valence-electron chi connectivity index (χ3n) is 6.12. The topological polar surface area (TPSA) is 69.9 Å². The van der Waals surface area contributed by atoms with Crippen LogP contribution in [0, 0.1) is 0 Å². The lowest BCUT2D eigenvalue weighted by atomic mass is 9.96. The molecule has 0 saturated carbocycles. The maximum Gasteiger partial charge on any atom is 0.338 e. The largest absolute Gasteiger partial charge is 0.489 e. The molecule has 3 aromatic carbocycles. The molecule has 0 amide bonds. The summed E-state index contributed by atoms with van der Waals surface area (Å²) in [5.41, 5.74) is 3.06. The number of halogens is 1. The van der Waals surface area contributed by atoms with E-state index in [0.29, 0.717) is 43.5 Å². The van der Waals surface area contributed by atoms with E-state index in [1.165, 1.54) is 15.9 Å². The molecule has 2 heterocycles. The first kappa shape index (κ1) is 25.7. The summed E-state index contributed by atoms with van der Waals surface area (Å²) in [5, 5.41) is 0.451. The molecule has 1 atom stereocenters. The van der Waals surface area contributed by atoms with Crippen molar-refractivity contribution in [3.8, 4) is 5.75 Å². The average molecular weight is 545 g/mol. The van der Waals surface area contributed by atoms with Crippen LogP contribution < -0.4 is 19.6 Å². The monoisotopic (exact) mass is 544 g/mol. The van der Waals surface area contributed by atoms with Crippen molar-refractivity contribution in [1.29, 1.82) is 0 Å². The third kappa shape index (κ3) is 5.21. The standard InChI is InChI=1S/C30H25ClN2O4S/c1-3-36-29(35)26-19(2)32-30-33(27(26)23-14-7-8-15-24(23)31)28(34)25(38-30)17-21-12-9-13-22(16-21)37-18-20-10-5-4-6-11-20/h4-17,27H,3,18H2,1-2H3/b25-17-. The maximum absolute atomic E-state index is 13.8. The lowest BCUT2D eigenvalue weighted by Crippen LogP contribution is -2.40. The summed E-state index contributed by atoms with van der Waals surface area (Å²) in [5.74, 6) is 0.181. The highest BCUT2D eigenvalue weighted by atomic mass is 35.5. The number of ether oxygens (including phenoxy) is 2. The highest BCUT2D eigenvalue weighted by molar-refractivity contribution is 7.07. The third-order valence-corrected chi connectivity index (χ3v) is 7.45. The minimum Gasteiger partial charge on any atom is -0.489 e. The molecule has 1 aliphatic rings. The molecular formula is C30H25ClN2O4S. The summed E-state index contributed by atoms with van der Waals surface area (Å²) in [6, 6.07) is 23.9. The molecule has 6 nitrogen and oxygen atoms in total. The van der Waals surface area contributed by atoms with Crippen LogP contribution in [0.3, 0.4) is 0 Å². The number of rotatable bonds is 7. The Bertz CT molecular complexity index is 1710. The fourth-order valence-corrected chi connectivity index (χ4v) is 5.65. The van der Waals surface area contributed by atoms with E-state index >= 15 is 0 Å². The lowest BCUT2D eigenvalue weighted by Gasteiger charge is -2.25. The van der Waals surface area contributed by atoms with E-state index < -0.39 is 12.0 Å². The molecule has 1 aliphatic heterocycles. The van der Waals surface area contributed by atoms with Crippen molar-refractivity contribution in [3.05, 3.63) is 132 Å². The van der Waals surface area contributed by atoms with Gasteiger partial charge in [-0.2, -0.15) is 0 Å². The van der Waals surface area contributed by atoms with Gasteiger partial charge >= 0.3 is 5.97 Å². The first-order valence-electron chi connectivity index (χ1n) is 12.2. The van der Waals surface area contributed by atoms with Gasteiger partial charge in [0.25, 0.3) is 5.56 Å². The van der Waals surface area contributed by atoms with Crippen LogP contribution in [0.2, 0.25) is 5.02 Å². The van der Waals surface area contributed by atoms with E-state index in [2.05, 4.69) is 4.99 Å². The zero-order valence-electron chi connectivity index (χ0n) is 20.9. The van der Waals surface area contributed by atoms with E-state index in [4.69, 9.17) is 21.1 Å². The molecule has 0 bridgehead atoms. The Labute approximate surface area is 228 Å². The fourth-order valence-electron chi connectivity index (χ4n) is 4.37. The van der Waals surface area contributed by atoms with Gasteiger partial charge in [-0.05, 0) is 54.8 Å². The van der Waals surface area contributed by atoms with Crippen LogP contribution in [0.4, 0.5) is 0 Å². The number of allylic oxidation sites excluding steroid dienone is 1. The van der Waals surface area contributed by atoms with Crippen molar-refractivity contribution in [2.45, 2.75) is 26.5 Å². The number of hydrogen-bond acceptors (Lipinski definition) is 6. The number of hydrogen-bond donors (Lipinski definition) is 0. The van der Waals surface area contributed by atoms with E-state index in [1.807, 2.05) is 78.9 Å². The van der Waals surface area contributed by atoms with Crippen LogP contribution in [0.25, 0.3) is 6.08 Å². The van der Waals surface area contributed by atoms with Gasteiger partial charge in [-0.3, -0.25) is 9.36 Å². The predicted octanol–water partition coefficient (Wildman–Crippen LogP) is 5.03. The smallest absolute Gasteiger partial charge is 0.338 e. The van der Waals surface area contributed by atoms with Gasteiger partial charge in [0.05, 0.1) is 22.4 Å². The van der Waals surface area contributed by atoms with Gasteiger partial charge in [0.2, 0.25) is 0 Å². The Hall–Kier alpha value is -3.94. The minimum absolute atomic E-state index is 0.206. The van der Waals surface area contributed by atoms with Crippen molar-refractivity contribution >= 4 is 35.0 Å². The molecule has 192 valence electrons. The normalized spacial score (nSPS) is 15.1. The maximum atomic E-state index is 13.8. The first-order chi connectivity index (χ1) is 18.5. The van der Waals surface area contributed by atoms with Gasteiger partial charge in [-0.25, -0.2) is 9.79 Å². The zero-order chi connectivity index (χ0) is 26.6. The molecule has 0 aliphatic carbocycles. The van der Waals surface area contributed by atoms with Crippen LogP contribution in [-0.2, 0) is 16.1 Å². The van der Waals surface area contributed by atoms with Crippen LogP contribution in [-0.4, -0.2) is 17.1 Å². The van der Waals surface area contributed by atoms with Gasteiger partial charge in [0.15, 0.2) is 4.80 Å². The van der Waals surface area contributed by atoms with E-state index in [1.54, 1.807) is 19.9 Å². The second-order valence-electron chi connectivity index (χ2n) is 8.67. The van der Waals surface area contributed by atoms with Gasteiger partial charge in [0.1, 0.15) is 18.4 Å². The molecular weight excluding hydrogens is 520 g/mol. The quantitative estimate of drug-likeness (QED) is 0.306. The Kier molecular flexibility index (Phi) is 7.58. The van der Waals surface area contributed by atoms with Gasteiger partial charge in [-0.1, -0.05) is 83.6 Å². The van der Waals surface area contributed by atoms with Gasteiger partial charge in [0, 0.05) is 5.02 Å². The molecule has 5 rings (SSSR count). The number of aromatic nitrogens is 1. The molecule has 0 spiro atoms. The number of carbonyl (C=O) groups excluding carboxylic acids is 1. The summed E-state index contributed by atoms with van der Waals surface area (Å²) in [7, 11) is 0. The van der Waals surface area contributed by atoms with E-state index in [-0.39, 0.29) is 12.2 Å². The highest BCUT2D eigenvalue weighted by Gasteiger charge is 2.34. The SMILES string of the molecule is CCOC(=O)C1=C(C)N=c2s/c(=C\c3cccc(OCc4ccccc4)c3)c(=O)n2C1c1ccccc1Cl. The number of esters is 1. The van der Waals surface area contributed by atoms with Crippen LogP contribution in [0.5, 0.6) is 5.75 Å². The van der Waals surface area contributed by atoms with Crippen molar-refractivity contribution in [2.75, 3.05) is 6.61 Å². The average Bonchev–Trinajstić information content (AvgIpc) is 3.22. The number of carbonyl (C=O) groups is 1. The van der Waals surface area contributed by atoms with Crippen LogP contribution >= 0.6 is 22.9 Å². The molecule has 4 aromatic rings. The molecule has 1 aromatic heterocycles. The molecule has 0 radical (unpaired) electrons. The molecule has 0 N–H and O–H groups in total. The Balaban J connectivity index is 1.57. The van der Waals surface area contributed by atoms with Crippen molar-refractivity contribution in [1.82, 2.24) is 4.57 Å². The highest BCUT2D eigenvalue weighted by Crippen LogP contribution is 2.34. The summed E-state index contributed by atoms with van der Waals surface area (Å²) < 4.78 is 13.3. The lowest BCUT2D eigenvalue weighted by molar-refractivity contribution is -0.139. The zero-order valence-corrected chi connectivity index (χ0v) is 22.5. The summed E-state index contributed by atoms with van der Waals surface area (Å²) in [6.07, 6.45) is 1.81. The molecule has 8 heteroatoms. The summed E-state index contributed by atoms with van der Waals surface area (Å²) in [6.45, 7) is 4.14. The van der Waals surface area contributed by atoms with Gasteiger partial charge in [-0.15, -0.1) is 0 Å². The number of fused-ring (bicyclic) bond motifs is 1. The van der Waals surface area contributed by atoms with Crippen molar-refractivity contribution < 1.29 is 14.3 Å². The number of nitrogens with zero attached hydrogens (tertiary/aromatic N) is 2. The first-order valence-corrected chi connectivity index (χ1v) is 13.4. The second kappa shape index (κ2) is 11.2. The second-order valence-corrected chi connectivity index (χ2v) is 10.1. The van der Waals surface area contributed by atoms with E-state index in [0.717, 1.165) is 11.1 Å². The fraction of sp³-hybridized carbons (Fsp3) is 0.167. The number of benzene rings is 3. The summed E-state index contributed by atoms with van der Waals surface area (Å²) in [4.78, 5) is 31.9. The van der Waals surface area contributed by atoms with Crippen LogP contribution in [0.15, 0.2) is 99.9 Å². The van der Waals surface area contributed by atoms with Crippen LogP contribution in [0.1, 0.15) is 36.6 Å².